The van der Waals surface area contributed by atoms with E-state index in [1.807, 2.05) is 4.90 Å². The molecule has 1 aliphatic heterocycles. The smallest absolute Gasteiger partial charge is 0.304 e. The number of rotatable bonds is 4. The largest absolute Gasteiger partial charge is 0.481 e. The van der Waals surface area contributed by atoms with Crippen molar-refractivity contribution in [2.45, 2.75) is 31.8 Å². The normalized spacial score (nSPS) is 20.2. The zero-order valence-corrected chi connectivity index (χ0v) is 10.7. The minimum Gasteiger partial charge on any atom is -0.481 e. The standard InChI is InChI=1S/C13H15ClFNO2/c14-10-4-3-9(12(15)6-10)8-16-5-1-2-11(16)7-13(17)18/h3-4,6,11H,1-2,5,7-8H2,(H,17,18). The van der Waals surface area contributed by atoms with E-state index in [0.717, 1.165) is 19.4 Å². The fourth-order valence-electron chi connectivity index (χ4n) is 2.40. The highest BCUT2D eigenvalue weighted by Gasteiger charge is 2.27. The third-order valence-electron chi connectivity index (χ3n) is 3.30. The van der Waals surface area contributed by atoms with Crippen LogP contribution in [-0.2, 0) is 11.3 Å². The van der Waals surface area contributed by atoms with Crippen molar-refractivity contribution in [3.63, 3.8) is 0 Å². The highest BCUT2D eigenvalue weighted by molar-refractivity contribution is 6.30. The second kappa shape index (κ2) is 5.67. The van der Waals surface area contributed by atoms with Gasteiger partial charge in [0.1, 0.15) is 5.82 Å². The monoisotopic (exact) mass is 271 g/mol. The minimum atomic E-state index is -0.802. The molecule has 5 heteroatoms. The number of benzene rings is 1. The van der Waals surface area contributed by atoms with Gasteiger partial charge >= 0.3 is 5.97 Å². The maximum atomic E-state index is 13.7. The van der Waals surface area contributed by atoms with Crippen LogP contribution in [0.5, 0.6) is 0 Å². The van der Waals surface area contributed by atoms with Crippen molar-refractivity contribution >= 4 is 17.6 Å². The average Bonchev–Trinajstić information content (AvgIpc) is 2.69. The fraction of sp³-hybridized carbons (Fsp3) is 0.462. The van der Waals surface area contributed by atoms with Crippen LogP contribution in [0, 0.1) is 5.82 Å². The molecule has 1 saturated heterocycles. The van der Waals surface area contributed by atoms with Crippen molar-refractivity contribution in [2.75, 3.05) is 6.54 Å². The summed E-state index contributed by atoms with van der Waals surface area (Å²) >= 11 is 5.70. The Bertz CT molecular complexity index is 453. The van der Waals surface area contributed by atoms with Crippen molar-refractivity contribution in [3.05, 3.63) is 34.6 Å². The molecule has 0 saturated carbocycles. The van der Waals surface area contributed by atoms with Gasteiger partial charge in [-0.05, 0) is 31.5 Å². The van der Waals surface area contributed by atoms with Crippen LogP contribution in [0.3, 0.4) is 0 Å². The van der Waals surface area contributed by atoms with E-state index in [0.29, 0.717) is 17.1 Å². The van der Waals surface area contributed by atoms with E-state index in [4.69, 9.17) is 16.7 Å². The Kier molecular flexibility index (Phi) is 4.19. The molecular weight excluding hydrogens is 257 g/mol. The summed E-state index contributed by atoms with van der Waals surface area (Å²) in [4.78, 5) is 12.8. The van der Waals surface area contributed by atoms with Gasteiger partial charge in [-0.15, -0.1) is 0 Å². The zero-order valence-electron chi connectivity index (χ0n) is 9.90. The lowest BCUT2D eigenvalue weighted by Gasteiger charge is -2.23. The summed E-state index contributed by atoms with van der Waals surface area (Å²) in [6.07, 6.45) is 1.95. The molecule has 1 unspecified atom stereocenters. The Labute approximate surface area is 110 Å². The predicted octanol–water partition coefficient (Wildman–Crippen LogP) is 2.92. The minimum absolute atomic E-state index is 0.0116. The summed E-state index contributed by atoms with van der Waals surface area (Å²) in [6.45, 7) is 1.26. The summed E-state index contributed by atoms with van der Waals surface area (Å²) in [6, 6.07) is 4.62. The molecule has 1 N–H and O–H groups in total. The third-order valence-corrected chi connectivity index (χ3v) is 3.53. The number of carbonyl (C=O) groups is 1. The van der Waals surface area contributed by atoms with Crippen LogP contribution in [0.4, 0.5) is 4.39 Å². The Hall–Kier alpha value is -1.13. The van der Waals surface area contributed by atoms with E-state index in [2.05, 4.69) is 0 Å². The van der Waals surface area contributed by atoms with E-state index in [9.17, 15) is 9.18 Å². The number of halogens is 2. The predicted molar refractivity (Wildman–Crippen MR) is 67.1 cm³/mol. The van der Waals surface area contributed by atoms with Crippen LogP contribution in [0.25, 0.3) is 0 Å². The molecule has 1 heterocycles. The highest BCUT2D eigenvalue weighted by atomic mass is 35.5. The second-order valence-corrected chi connectivity index (χ2v) is 5.04. The first kappa shape index (κ1) is 13.3. The van der Waals surface area contributed by atoms with Crippen molar-refractivity contribution in [2.24, 2.45) is 0 Å². The summed E-state index contributed by atoms with van der Waals surface area (Å²) in [7, 11) is 0. The van der Waals surface area contributed by atoms with Crippen LogP contribution in [-0.4, -0.2) is 28.6 Å². The van der Waals surface area contributed by atoms with Crippen molar-refractivity contribution in [3.8, 4) is 0 Å². The summed E-state index contributed by atoms with van der Waals surface area (Å²) in [5.41, 5.74) is 0.566. The molecule has 1 aromatic carbocycles. The fourth-order valence-corrected chi connectivity index (χ4v) is 2.56. The van der Waals surface area contributed by atoms with Gasteiger partial charge in [-0.1, -0.05) is 17.7 Å². The Morgan fingerprint density at radius 2 is 2.33 bits per heavy atom. The van der Waals surface area contributed by atoms with Gasteiger partial charge in [0.25, 0.3) is 0 Å². The SMILES string of the molecule is O=C(O)CC1CCCN1Cc1ccc(Cl)cc1F. The van der Waals surface area contributed by atoms with Crippen LogP contribution in [0.15, 0.2) is 18.2 Å². The maximum Gasteiger partial charge on any atom is 0.304 e. The molecule has 1 fully saturated rings. The molecule has 98 valence electrons. The van der Waals surface area contributed by atoms with Crippen LogP contribution in [0.1, 0.15) is 24.8 Å². The molecule has 0 spiro atoms. The molecule has 1 aromatic rings. The van der Waals surface area contributed by atoms with Gasteiger partial charge in [-0.2, -0.15) is 0 Å². The first-order valence-electron chi connectivity index (χ1n) is 5.96. The lowest BCUT2D eigenvalue weighted by atomic mass is 10.1. The number of aliphatic carboxylic acids is 1. The highest BCUT2D eigenvalue weighted by Crippen LogP contribution is 2.24. The number of likely N-dealkylation sites (tertiary alicyclic amines) is 1. The van der Waals surface area contributed by atoms with E-state index in [-0.39, 0.29) is 18.3 Å². The van der Waals surface area contributed by atoms with Crippen LogP contribution in [0.2, 0.25) is 5.02 Å². The topological polar surface area (TPSA) is 40.5 Å². The lowest BCUT2D eigenvalue weighted by molar-refractivity contribution is -0.138. The average molecular weight is 272 g/mol. The molecule has 18 heavy (non-hydrogen) atoms. The zero-order chi connectivity index (χ0) is 13.1. The first-order chi connectivity index (χ1) is 8.56. The van der Waals surface area contributed by atoms with E-state index in [1.165, 1.54) is 6.07 Å². The van der Waals surface area contributed by atoms with Crippen LogP contribution >= 0.6 is 11.6 Å². The third kappa shape index (κ3) is 3.21. The van der Waals surface area contributed by atoms with Gasteiger partial charge in [0.15, 0.2) is 0 Å². The van der Waals surface area contributed by atoms with Gasteiger partial charge in [0.05, 0.1) is 6.42 Å². The van der Waals surface area contributed by atoms with Crippen LogP contribution < -0.4 is 0 Å². The summed E-state index contributed by atoms with van der Waals surface area (Å²) < 4.78 is 13.7. The maximum absolute atomic E-state index is 13.7. The number of nitrogens with zero attached hydrogens (tertiary/aromatic N) is 1. The number of carboxylic acids is 1. The summed E-state index contributed by atoms with van der Waals surface area (Å²) in [5, 5.41) is 9.21. The molecule has 2 rings (SSSR count). The van der Waals surface area contributed by atoms with E-state index in [1.54, 1.807) is 12.1 Å². The molecule has 0 radical (unpaired) electrons. The Balaban J connectivity index is 2.05. The first-order valence-corrected chi connectivity index (χ1v) is 6.34. The van der Waals surface area contributed by atoms with E-state index < -0.39 is 5.97 Å². The molecule has 0 aliphatic carbocycles. The second-order valence-electron chi connectivity index (χ2n) is 4.60. The number of hydrogen-bond donors (Lipinski definition) is 1. The molecule has 1 atom stereocenters. The van der Waals surface area contributed by atoms with Gasteiger partial charge in [0.2, 0.25) is 0 Å². The number of carboxylic acid groups (broad SMARTS) is 1. The van der Waals surface area contributed by atoms with Gasteiger partial charge < -0.3 is 5.11 Å². The van der Waals surface area contributed by atoms with Gasteiger partial charge in [-0.25, -0.2) is 4.39 Å². The number of hydrogen-bond acceptors (Lipinski definition) is 2. The van der Waals surface area contributed by atoms with Crippen molar-refractivity contribution in [1.29, 1.82) is 0 Å². The summed E-state index contributed by atoms with van der Waals surface area (Å²) in [5.74, 6) is -1.13. The molecule has 0 bridgehead atoms. The molecular formula is C13H15ClFNO2. The molecule has 3 nitrogen and oxygen atoms in total. The lowest BCUT2D eigenvalue weighted by Crippen LogP contribution is -2.31. The molecule has 1 aliphatic rings. The van der Waals surface area contributed by atoms with Crippen molar-refractivity contribution < 1.29 is 14.3 Å². The van der Waals surface area contributed by atoms with Gasteiger partial charge in [-0.3, -0.25) is 9.69 Å². The quantitative estimate of drug-likeness (QED) is 0.915. The Morgan fingerprint density at radius 1 is 1.56 bits per heavy atom. The van der Waals surface area contributed by atoms with Crippen molar-refractivity contribution in [1.82, 2.24) is 4.90 Å². The molecule has 0 amide bonds. The van der Waals surface area contributed by atoms with E-state index >= 15 is 0 Å². The van der Waals surface area contributed by atoms with Gasteiger partial charge in [0, 0.05) is 23.2 Å². The Morgan fingerprint density at radius 3 is 3.00 bits per heavy atom. The molecule has 0 aromatic heterocycles.